The normalized spacial score (nSPS) is 16.0. The number of carbonyl (C=O) groups is 1. The van der Waals surface area contributed by atoms with Crippen LogP contribution in [0, 0.1) is 0 Å². The standard InChI is InChI=1S/C18H15NOS3/c1-21-15-9-7-13(8-10-15)11-16-17(20)23-18(19-16)22-12-14-5-3-2-4-6-14/h2-11H,12H2,1H3/b16-11+. The Bertz CT molecular complexity index is 752. The topological polar surface area (TPSA) is 29.4 Å². The highest BCUT2D eigenvalue weighted by Crippen LogP contribution is 2.32. The molecule has 0 radical (unpaired) electrons. The molecule has 0 N–H and O–H groups in total. The molecular formula is C18H15NOS3. The van der Waals surface area contributed by atoms with Crippen LogP contribution in [0.15, 0.2) is 70.2 Å². The molecule has 3 rings (SSSR count). The van der Waals surface area contributed by atoms with Crippen molar-refractivity contribution in [2.24, 2.45) is 4.99 Å². The predicted molar refractivity (Wildman–Crippen MR) is 104 cm³/mol. The van der Waals surface area contributed by atoms with Gasteiger partial charge in [-0.15, -0.1) is 11.8 Å². The maximum atomic E-state index is 12.1. The molecule has 1 aliphatic heterocycles. The third-order valence-electron chi connectivity index (χ3n) is 3.23. The van der Waals surface area contributed by atoms with Gasteiger partial charge in [0.15, 0.2) is 0 Å². The lowest BCUT2D eigenvalue weighted by Crippen LogP contribution is -1.88. The summed E-state index contributed by atoms with van der Waals surface area (Å²) in [7, 11) is 0. The highest BCUT2D eigenvalue weighted by atomic mass is 32.2. The summed E-state index contributed by atoms with van der Waals surface area (Å²) >= 11 is 4.53. The lowest BCUT2D eigenvalue weighted by Gasteiger charge is -1.98. The lowest BCUT2D eigenvalue weighted by molar-refractivity contribution is -0.107. The Morgan fingerprint density at radius 3 is 2.52 bits per heavy atom. The van der Waals surface area contributed by atoms with E-state index in [1.54, 1.807) is 23.5 Å². The van der Waals surface area contributed by atoms with E-state index in [9.17, 15) is 4.79 Å². The highest BCUT2D eigenvalue weighted by molar-refractivity contribution is 8.45. The molecule has 0 aromatic heterocycles. The van der Waals surface area contributed by atoms with Crippen molar-refractivity contribution in [2.75, 3.05) is 6.26 Å². The molecular weight excluding hydrogens is 342 g/mol. The summed E-state index contributed by atoms with van der Waals surface area (Å²) in [6.07, 6.45) is 3.90. The third-order valence-corrected chi connectivity index (χ3v) is 6.05. The summed E-state index contributed by atoms with van der Waals surface area (Å²) in [6.45, 7) is 0. The number of hydrogen-bond donors (Lipinski definition) is 0. The zero-order valence-electron chi connectivity index (χ0n) is 12.6. The molecule has 0 saturated heterocycles. The van der Waals surface area contributed by atoms with Crippen molar-refractivity contribution in [3.8, 4) is 0 Å². The Morgan fingerprint density at radius 1 is 1.09 bits per heavy atom. The summed E-state index contributed by atoms with van der Waals surface area (Å²) in [5.74, 6) is 0.829. The van der Waals surface area contributed by atoms with Gasteiger partial charge in [0.25, 0.3) is 0 Å². The fraction of sp³-hybridized carbons (Fsp3) is 0.111. The second-order valence-corrected chi connectivity index (χ2v) is 7.91. The summed E-state index contributed by atoms with van der Waals surface area (Å²) in [5, 5.41) is 0.0227. The number of thioether (sulfide) groups is 3. The molecule has 0 fully saturated rings. The number of hydrogen-bond acceptors (Lipinski definition) is 5. The van der Waals surface area contributed by atoms with Crippen LogP contribution in [0.2, 0.25) is 0 Å². The van der Waals surface area contributed by atoms with Gasteiger partial charge in [-0.25, -0.2) is 4.99 Å². The minimum Gasteiger partial charge on any atom is -0.279 e. The van der Waals surface area contributed by atoms with Crippen LogP contribution in [0.4, 0.5) is 0 Å². The lowest BCUT2D eigenvalue weighted by atomic mass is 10.2. The van der Waals surface area contributed by atoms with Crippen molar-refractivity contribution in [3.63, 3.8) is 0 Å². The van der Waals surface area contributed by atoms with Crippen molar-refractivity contribution in [1.82, 2.24) is 0 Å². The third kappa shape index (κ3) is 4.53. The second kappa shape index (κ2) is 7.90. The zero-order valence-corrected chi connectivity index (χ0v) is 15.0. The van der Waals surface area contributed by atoms with Crippen molar-refractivity contribution in [1.29, 1.82) is 0 Å². The van der Waals surface area contributed by atoms with Gasteiger partial charge in [-0.3, -0.25) is 4.79 Å². The van der Waals surface area contributed by atoms with Crippen molar-refractivity contribution < 1.29 is 4.79 Å². The second-order valence-electron chi connectivity index (χ2n) is 4.84. The van der Waals surface area contributed by atoms with Crippen molar-refractivity contribution >= 4 is 50.9 Å². The van der Waals surface area contributed by atoms with Gasteiger partial charge >= 0.3 is 0 Å². The number of aliphatic imine (C=N–C) groups is 1. The van der Waals surface area contributed by atoms with Crippen LogP contribution in [-0.2, 0) is 10.5 Å². The van der Waals surface area contributed by atoms with Gasteiger partial charge in [-0.2, -0.15) is 0 Å². The Hall–Kier alpha value is -1.43. The van der Waals surface area contributed by atoms with E-state index in [2.05, 4.69) is 29.3 Å². The first-order chi connectivity index (χ1) is 11.2. The number of nitrogens with zero attached hydrogens (tertiary/aromatic N) is 1. The number of carbonyl (C=O) groups excluding carboxylic acids is 1. The molecule has 1 heterocycles. The van der Waals surface area contributed by atoms with Gasteiger partial charge in [0, 0.05) is 10.6 Å². The molecule has 2 aromatic rings. The molecule has 116 valence electrons. The van der Waals surface area contributed by atoms with E-state index < -0.39 is 0 Å². The van der Waals surface area contributed by atoms with Crippen LogP contribution in [-0.4, -0.2) is 15.7 Å². The van der Waals surface area contributed by atoms with Gasteiger partial charge in [-0.05, 0) is 47.4 Å². The maximum Gasteiger partial charge on any atom is 0.244 e. The zero-order chi connectivity index (χ0) is 16.1. The maximum absolute atomic E-state index is 12.1. The van der Waals surface area contributed by atoms with Crippen LogP contribution < -0.4 is 0 Å². The summed E-state index contributed by atoms with van der Waals surface area (Å²) in [4.78, 5) is 17.8. The molecule has 2 aromatic carbocycles. The van der Waals surface area contributed by atoms with Crippen LogP contribution in [0.25, 0.3) is 6.08 Å². The van der Waals surface area contributed by atoms with Crippen molar-refractivity contribution in [3.05, 3.63) is 71.4 Å². The highest BCUT2D eigenvalue weighted by Gasteiger charge is 2.22. The molecule has 0 aliphatic carbocycles. The molecule has 5 heteroatoms. The SMILES string of the molecule is CSc1ccc(/C=C2/N=C(SCc3ccccc3)SC2=O)cc1. The molecule has 0 spiro atoms. The van der Waals surface area contributed by atoms with Gasteiger partial charge in [0.2, 0.25) is 5.12 Å². The van der Waals surface area contributed by atoms with E-state index in [4.69, 9.17) is 0 Å². The largest absolute Gasteiger partial charge is 0.279 e. The fourth-order valence-corrected chi connectivity index (χ4v) is 4.23. The van der Waals surface area contributed by atoms with Crippen molar-refractivity contribution in [2.45, 2.75) is 10.6 Å². The predicted octanol–water partition coefficient (Wildman–Crippen LogP) is 5.31. The number of rotatable bonds is 4. The van der Waals surface area contributed by atoms with Gasteiger partial charge in [0.05, 0.1) is 0 Å². The molecule has 0 unspecified atom stereocenters. The molecule has 0 bridgehead atoms. The first kappa shape index (κ1) is 16.4. The molecule has 0 atom stereocenters. The van der Waals surface area contributed by atoms with E-state index in [1.165, 1.54) is 22.2 Å². The van der Waals surface area contributed by atoms with Crippen LogP contribution >= 0.6 is 35.3 Å². The van der Waals surface area contributed by atoms with E-state index in [-0.39, 0.29) is 5.12 Å². The molecule has 1 aliphatic rings. The number of benzene rings is 2. The van der Waals surface area contributed by atoms with Crippen LogP contribution in [0.3, 0.4) is 0 Å². The Kier molecular flexibility index (Phi) is 5.65. The average molecular weight is 358 g/mol. The molecule has 0 saturated carbocycles. The Morgan fingerprint density at radius 2 is 1.83 bits per heavy atom. The van der Waals surface area contributed by atoms with E-state index in [0.29, 0.717) is 5.70 Å². The van der Waals surface area contributed by atoms with Crippen LogP contribution in [0.5, 0.6) is 0 Å². The van der Waals surface area contributed by atoms with E-state index >= 15 is 0 Å². The van der Waals surface area contributed by atoms with Gasteiger partial charge in [0.1, 0.15) is 10.1 Å². The molecule has 23 heavy (non-hydrogen) atoms. The average Bonchev–Trinajstić information content (AvgIpc) is 2.94. The van der Waals surface area contributed by atoms with E-state index in [0.717, 1.165) is 15.7 Å². The minimum atomic E-state index is 0.0227. The van der Waals surface area contributed by atoms with Gasteiger partial charge < -0.3 is 0 Å². The van der Waals surface area contributed by atoms with Crippen LogP contribution in [0.1, 0.15) is 11.1 Å². The summed E-state index contributed by atoms with van der Waals surface area (Å²) in [6, 6.07) is 18.4. The summed E-state index contributed by atoms with van der Waals surface area (Å²) < 4.78 is 0.825. The monoisotopic (exact) mass is 357 g/mol. The smallest absolute Gasteiger partial charge is 0.244 e. The van der Waals surface area contributed by atoms with Gasteiger partial charge in [-0.1, -0.05) is 54.2 Å². The Balaban J connectivity index is 1.69. The minimum absolute atomic E-state index is 0.0227. The molecule has 2 nitrogen and oxygen atoms in total. The first-order valence-electron chi connectivity index (χ1n) is 7.08. The fourth-order valence-electron chi connectivity index (χ4n) is 2.03. The Labute approximate surface area is 148 Å². The first-order valence-corrected chi connectivity index (χ1v) is 10.1. The van der Waals surface area contributed by atoms with E-state index in [1.807, 2.05) is 42.7 Å². The quantitative estimate of drug-likeness (QED) is 0.548. The summed E-state index contributed by atoms with van der Waals surface area (Å²) in [5.41, 5.74) is 2.77. The molecule has 0 amide bonds.